The molecule has 1 saturated heterocycles. The molecule has 0 aliphatic carbocycles. The van der Waals surface area contributed by atoms with Crippen LogP contribution < -0.4 is 4.90 Å². The minimum Gasteiger partial charge on any atom is -0.478 e. The second-order valence-electron chi connectivity index (χ2n) is 4.63. The quantitative estimate of drug-likeness (QED) is 0.682. The molecule has 5 nitrogen and oxygen atoms in total. The molecule has 1 aliphatic heterocycles. The van der Waals surface area contributed by atoms with Crippen LogP contribution in [-0.2, 0) is 4.79 Å². The summed E-state index contributed by atoms with van der Waals surface area (Å²) < 4.78 is 0.361. The fraction of sp³-hybridized carbons (Fsp3) is 0. The standard InChI is InChI=1S/C16H10N2O3S2/c19-14-13(9-11-5-1-2-7-17-11)23-16(22)18(14)12-6-3-4-10(8-12)15(20)21/h1-9H,(H,20,21)/b13-9-. The molecule has 0 radical (unpaired) electrons. The van der Waals surface area contributed by atoms with E-state index in [4.69, 9.17) is 17.3 Å². The van der Waals surface area contributed by atoms with E-state index < -0.39 is 5.97 Å². The number of benzene rings is 1. The van der Waals surface area contributed by atoms with Gasteiger partial charge in [-0.15, -0.1) is 0 Å². The van der Waals surface area contributed by atoms with Gasteiger partial charge in [0.15, 0.2) is 4.32 Å². The average Bonchev–Trinajstić information content (AvgIpc) is 2.82. The molecule has 23 heavy (non-hydrogen) atoms. The fourth-order valence-corrected chi connectivity index (χ4v) is 3.35. The van der Waals surface area contributed by atoms with Crippen LogP contribution in [0.2, 0.25) is 0 Å². The molecule has 0 atom stereocenters. The summed E-state index contributed by atoms with van der Waals surface area (Å²) in [4.78, 5) is 29.6. The minimum atomic E-state index is -1.05. The van der Waals surface area contributed by atoms with E-state index in [-0.39, 0.29) is 11.5 Å². The van der Waals surface area contributed by atoms with Crippen molar-refractivity contribution < 1.29 is 14.7 Å². The van der Waals surface area contributed by atoms with Gasteiger partial charge in [0.1, 0.15) is 0 Å². The van der Waals surface area contributed by atoms with Crippen LogP contribution in [0.15, 0.2) is 53.6 Å². The summed E-state index contributed by atoms with van der Waals surface area (Å²) in [6.07, 6.45) is 3.31. The van der Waals surface area contributed by atoms with E-state index in [1.54, 1.807) is 36.5 Å². The molecule has 0 saturated carbocycles. The van der Waals surface area contributed by atoms with Crippen molar-refractivity contribution in [2.24, 2.45) is 0 Å². The van der Waals surface area contributed by atoms with Crippen LogP contribution >= 0.6 is 24.0 Å². The monoisotopic (exact) mass is 342 g/mol. The van der Waals surface area contributed by atoms with Crippen molar-refractivity contribution in [1.29, 1.82) is 0 Å². The van der Waals surface area contributed by atoms with Crippen molar-refractivity contribution in [1.82, 2.24) is 4.98 Å². The van der Waals surface area contributed by atoms with Crippen molar-refractivity contribution in [3.63, 3.8) is 0 Å². The SMILES string of the molecule is O=C(O)c1cccc(N2C(=O)/C(=C/c3ccccn3)SC2=S)c1. The van der Waals surface area contributed by atoms with Gasteiger partial charge in [-0.2, -0.15) is 0 Å². The molecule has 1 N–H and O–H groups in total. The summed E-state index contributed by atoms with van der Waals surface area (Å²) in [7, 11) is 0. The number of aromatic nitrogens is 1. The van der Waals surface area contributed by atoms with E-state index >= 15 is 0 Å². The van der Waals surface area contributed by atoms with E-state index in [0.29, 0.717) is 20.6 Å². The maximum Gasteiger partial charge on any atom is 0.335 e. The predicted molar refractivity (Wildman–Crippen MR) is 93.3 cm³/mol. The van der Waals surface area contributed by atoms with Gasteiger partial charge >= 0.3 is 5.97 Å². The largest absolute Gasteiger partial charge is 0.478 e. The molecule has 1 fully saturated rings. The Labute approximate surface area is 141 Å². The summed E-state index contributed by atoms with van der Waals surface area (Å²) in [5.74, 6) is -1.34. The first-order valence-corrected chi connectivity index (χ1v) is 7.81. The summed E-state index contributed by atoms with van der Waals surface area (Å²) in [5.41, 5.74) is 1.20. The third-order valence-corrected chi connectivity index (χ3v) is 4.41. The van der Waals surface area contributed by atoms with E-state index in [1.807, 2.05) is 6.07 Å². The van der Waals surface area contributed by atoms with E-state index in [2.05, 4.69) is 4.98 Å². The number of thiocarbonyl (C=S) groups is 1. The van der Waals surface area contributed by atoms with Gasteiger partial charge in [-0.05, 0) is 36.4 Å². The molecule has 1 aromatic heterocycles. The van der Waals surface area contributed by atoms with Gasteiger partial charge in [0, 0.05) is 6.20 Å². The third-order valence-electron chi connectivity index (χ3n) is 3.11. The number of amides is 1. The molecule has 0 unspecified atom stereocenters. The lowest BCUT2D eigenvalue weighted by atomic mass is 10.2. The zero-order valence-electron chi connectivity index (χ0n) is 11.7. The van der Waals surface area contributed by atoms with Crippen LogP contribution in [0.5, 0.6) is 0 Å². The first-order valence-electron chi connectivity index (χ1n) is 6.58. The molecule has 0 bridgehead atoms. The molecule has 1 aliphatic rings. The summed E-state index contributed by atoms with van der Waals surface area (Å²) in [6.45, 7) is 0. The Bertz CT molecular complexity index is 834. The predicted octanol–water partition coefficient (Wildman–Crippen LogP) is 3.19. The van der Waals surface area contributed by atoms with E-state index in [1.165, 1.54) is 28.8 Å². The highest BCUT2D eigenvalue weighted by atomic mass is 32.2. The first-order chi connectivity index (χ1) is 11.1. The first kappa shape index (κ1) is 15.4. The lowest BCUT2D eigenvalue weighted by molar-refractivity contribution is -0.113. The van der Waals surface area contributed by atoms with Crippen LogP contribution in [0.1, 0.15) is 16.1 Å². The van der Waals surface area contributed by atoms with E-state index in [0.717, 1.165) is 0 Å². The van der Waals surface area contributed by atoms with Crippen molar-refractivity contribution >= 4 is 51.9 Å². The smallest absolute Gasteiger partial charge is 0.335 e. The number of nitrogens with zero attached hydrogens (tertiary/aromatic N) is 2. The van der Waals surface area contributed by atoms with Crippen molar-refractivity contribution in [3.05, 3.63) is 64.8 Å². The van der Waals surface area contributed by atoms with Crippen molar-refractivity contribution in [2.45, 2.75) is 0 Å². The number of carbonyl (C=O) groups excluding carboxylic acids is 1. The maximum absolute atomic E-state index is 12.6. The number of pyridine rings is 1. The molecular formula is C16H10N2O3S2. The number of rotatable bonds is 3. The van der Waals surface area contributed by atoms with E-state index in [9.17, 15) is 9.59 Å². The highest BCUT2D eigenvalue weighted by molar-refractivity contribution is 8.27. The second kappa shape index (κ2) is 6.31. The van der Waals surface area contributed by atoms with Crippen LogP contribution in [0, 0.1) is 0 Å². The van der Waals surface area contributed by atoms with Gasteiger partial charge < -0.3 is 5.11 Å². The zero-order chi connectivity index (χ0) is 16.4. The molecular weight excluding hydrogens is 332 g/mol. The number of anilines is 1. The Balaban J connectivity index is 1.95. The summed E-state index contributed by atoms with van der Waals surface area (Å²) in [5, 5.41) is 9.07. The summed E-state index contributed by atoms with van der Waals surface area (Å²) >= 11 is 6.43. The molecule has 7 heteroatoms. The Morgan fingerprint density at radius 1 is 1.26 bits per heavy atom. The number of aromatic carboxylic acids is 1. The third kappa shape index (κ3) is 3.15. The number of thioether (sulfide) groups is 1. The number of hydrogen-bond acceptors (Lipinski definition) is 5. The van der Waals surface area contributed by atoms with Gasteiger partial charge in [-0.25, -0.2) is 4.79 Å². The number of carboxylic acid groups (broad SMARTS) is 1. The lowest BCUT2D eigenvalue weighted by Crippen LogP contribution is -2.27. The highest BCUT2D eigenvalue weighted by Gasteiger charge is 2.33. The number of hydrogen-bond donors (Lipinski definition) is 1. The van der Waals surface area contributed by atoms with Crippen molar-refractivity contribution in [3.8, 4) is 0 Å². The van der Waals surface area contributed by atoms with Gasteiger partial charge in [-0.1, -0.05) is 36.1 Å². The Morgan fingerprint density at radius 2 is 2.09 bits per heavy atom. The van der Waals surface area contributed by atoms with Gasteiger partial charge in [0.05, 0.1) is 21.8 Å². The zero-order valence-corrected chi connectivity index (χ0v) is 13.3. The fourth-order valence-electron chi connectivity index (χ4n) is 2.06. The van der Waals surface area contributed by atoms with Crippen LogP contribution in [0.25, 0.3) is 6.08 Å². The maximum atomic E-state index is 12.6. The molecule has 1 aromatic carbocycles. The van der Waals surface area contributed by atoms with Crippen molar-refractivity contribution in [2.75, 3.05) is 4.90 Å². The average molecular weight is 342 g/mol. The highest BCUT2D eigenvalue weighted by Crippen LogP contribution is 2.36. The normalized spacial score (nSPS) is 16.2. The van der Waals surface area contributed by atoms with Gasteiger partial charge in [-0.3, -0.25) is 14.7 Å². The molecule has 2 heterocycles. The van der Waals surface area contributed by atoms with Gasteiger partial charge in [0.25, 0.3) is 5.91 Å². The minimum absolute atomic E-state index is 0.102. The topological polar surface area (TPSA) is 70.5 Å². The molecule has 114 valence electrons. The van der Waals surface area contributed by atoms with Crippen LogP contribution in [0.4, 0.5) is 5.69 Å². The Morgan fingerprint density at radius 3 is 2.78 bits per heavy atom. The number of carboxylic acids is 1. The van der Waals surface area contributed by atoms with Crippen LogP contribution in [0.3, 0.4) is 0 Å². The Hall–Kier alpha value is -2.51. The second-order valence-corrected chi connectivity index (χ2v) is 6.30. The molecule has 0 spiro atoms. The summed E-state index contributed by atoms with van der Waals surface area (Å²) in [6, 6.07) is 11.5. The molecule has 3 rings (SSSR count). The molecule has 1 amide bonds. The number of carbonyl (C=O) groups is 2. The van der Waals surface area contributed by atoms with Crippen LogP contribution in [-0.4, -0.2) is 26.3 Å². The molecule has 2 aromatic rings. The Kier molecular flexibility index (Phi) is 4.22. The van der Waals surface area contributed by atoms with Gasteiger partial charge in [0.2, 0.25) is 0 Å². The lowest BCUT2D eigenvalue weighted by Gasteiger charge is -2.14.